The van der Waals surface area contributed by atoms with Crippen LogP contribution in [0.4, 0.5) is 4.39 Å². The van der Waals surface area contributed by atoms with Gasteiger partial charge < -0.3 is 10.4 Å². The lowest BCUT2D eigenvalue weighted by molar-refractivity contribution is -0.123. The van der Waals surface area contributed by atoms with Crippen molar-refractivity contribution in [3.63, 3.8) is 0 Å². The monoisotopic (exact) mass is 298 g/mol. The zero-order valence-corrected chi connectivity index (χ0v) is 11.8. The summed E-state index contributed by atoms with van der Waals surface area (Å²) in [6, 6.07) is 14.7. The van der Waals surface area contributed by atoms with E-state index in [1.807, 2.05) is 12.1 Å². The molecule has 5 heteroatoms. The quantitative estimate of drug-likeness (QED) is 0.890. The Hall–Kier alpha value is -2.71. The van der Waals surface area contributed by atoms with Gasteiger partial charge in [0.1, 0.15) is 5.82 Å². The maximum Gasteiger partial charge on any atom is 0.223 e. The van der Waals surface area contributed by atoms with Crippen molar-refractivity contribution in [1.29, 1.82) is 5.26 Å². The van der Waals surface area contributed by atoms with E-state index in [4.69, 9.17) is 5.26 Å². The molecule has 0 aliphatic heterocycles. The Balaban J connectivity index is 1.92. The minimum absolute atomic E-state index is 0.0261. The number of aliphatic hydroxyl groups is 1. The van der Waals surface area contributed by atoms with Crippen LogP contribution in [0.5, 0.6) is 0 Å². The summed E-state index contributed by atoms with van der Waals surface area (Å²) in [7, 11) is 0. The van der Waals surface area contributed by atoms with Crippen molar-refractivity contribution >= 4 is 5.91 Å². The van der Waals surface area contributed by atoms with Crippen LogP contribution in [0.15, 0.2) is 48.5 Å². The highest BCUT2D eigenvalue weighted by atomic mass is 19.1. The summed E-state index contributed by atoms with van der Waals surface area (Å²) in [5.74, 6) is -0.874. The first-order valence-corrected chi connectivity index (χ1v) is 6.78. The number of hydrogen-bond acceptors (Lipinski definition) is 3. The molecule has 2 N–H and O–H groups in total. The van der Waals surface area contributed by atoms with Gasteiger partial charge >= 0.3 is 0 Å². The van der Waals surface area contributed by atoms with Crippen LogP contribution >= 0.6 is 0 Å². The molecule has 0 saturated heterocycles. The summed E-state index contributed by atoms with van der Waals surface area (Å²) < 4.78 is 13.6. The topological polar surface area (TPSA) is 73.1 Å². The lowest BCUT2D eigenvalue weighted by Gasteiger charge is -2.11. The Kier molecular flexibility index (Phi) is 5.23. The van der Waals surface area contributed by atoms with Crippen molar-refractivity contribution in [2.75, 3.05) is 0 Å². The molecule has 0 aliphatic rings. The average Bonchev–Trinajstić information content (AvgIpc) is 2.55. The Morgan fingerprint density at radius 3 is 2.68 bits per heavy atom. The van der Waals surface area contributed by atoms with Crippen LogP contribution in [0.1, 0.15) is 29.2 Å². The molecule has 0 aromatic heterocycles. The number of nitriles is 1. The van der Waals surface area contributed by atoms with Crippen molar-refractivity contribution < 1.29 is 14.3 Å². The Morgan fingerprint density at radius 1 is 1.27 bits per heavy atom. The normalized spacial score (nSPS) is 11.5. The van der Waals surface area contributed by atoms with Gasteiger partial charge in [-0.15, -0.1) is 0 Å². The summed E-state index contributed by atoms with van der Waals surface area (Å²) in [6.07, 6.45) is -1.01. The molecule has 2 aromatic rings. The number of benzene rings is 2. The molecular formula is C17H15FN2O2. The molecule has 112 valence electrons. The fraction of sp³-hybridized carbons (Fsp3) is 0.176. The molecule has 1 amide bonds. The highest BCUT2D eigenvalue weighted by molar-refractivity contribution is 5.76. The average molecular weight is 298 g/mol. The number of rotatable bonds is 5. The number of hydrogen-bond donors (Lipinski definition) is 2. The van der Waals surface area contributed by atoms with Crippen molar-refractivity contribution in [2.24, 2.45) is 0 Å². The molecule has 1 atom stereocenters. The van der Waals surface area contributed by atoms with E-state index in [1.54, 1.807) is 24.3 Å². The lowest BCUT2D eigenvalue weighted by Crippen LogP contribution is -2.25. The van der Waals surface area contributed by atoms with E-state index in [0.717, 1.165) is 0 Å². The molecule has 0 bridgehead atoms. The highest BCUT2D eigenvalue weighted by Crippen LogP contribution is 2.16. The highest BCUT2D eigenvalue weighted by Gasteiger charge is 2.13. The van der Waals surface area contributed by atoms with Gasteiger partial charge in [-0.25, -0.2) is 4.39 Å². The largest absolute Gasteiger partial charge is 0.388 e. The Bertz CT molecular complexity index is 696. The van der Waals surface area contributed by atoms with Crippen LogP contribution in [-0.2, 0) is 11.3 Å². The number of carbonyl (C=O) groups is 1. The van der Waals surface area contributed by atoms with Gasteiger partial charge in [0.15, 0.2) is 0 Å². The Labute approximate surface area is 127 Å². The number of halogens is 1. The Morgan fingerprint density at radius 2 is 2.00 bits per heavy atom. The molecule has 0 saturated carbocycles. The fourth-order valence-corrected chi connectivity index (χ4v) is 2.01. The van der Waals surface area contributed by atoms with Crippen LogP contribution in [0, 0.1) is 17.1 Å². The summed E-state index contributed by atoms with van der Waals surface area (Å²) in [5, 5.41) is 21.3. The van der Waals surface area contributed by atoms with Gasteiger partial charge in [0.25, 0.3) is 0 Å². The zero-order valence-electron chi connectivity index (χ0n) is 11.8. The smallest absolute Gasteiger partial charge is 0.223 e. The summed E-state index contributed by atoms with van der Waals surface area (Å²) in [6.45, 7) is -0.0261. The number of amides is 1. The van der Waals surface area contributed by atoms with Crippen LogP contribution in [-0.4, -0.2) is 11.0 Å². The van der Waals surface area contributed by atoms with Crippen molar-refractivity contribution in [3.05, 3.63) is 71.0 Å². The third-order valence-corrected chi connectivity index (χ3v) is 3.21. The first-order chi connectivity index (χ1) is 10.6. The first-order valence-electron chi connectivity index (χ1n) is 6.78. The second-order valence-electron chi connectivity index (χ2n) is 4.83. The predicted octanol–water partition coefficient (Wildman–Crippen LogP) is 2.44. The number of nitrogens with zero attached hydrogens (tertiary/aromatic N) is 1. The van der Waals surface area contributed by atoms with E-state index in [1.165, 1.54) is 18.2 Å². The minimum Gasteiger partial charge on any atom is -0.388 e. The van der Waals surface area contributed by atoms with Gasteiger partial charge in [0.05, 0.1) is 24.2 Å². The molecule has 0 spiro atoms. The van der Waals surface area contributed by atoms with Gasteiger partial charge in [-0.3, -0.25) is 4.79 Å². The van der Waals surface area contributed by atoms with E-state index in [2.05, 4.69) is 5.32 Å². The number of nitrogens with one attached hydrogen (secondary N) is 1. The number of carbonyl (C=O) groups excluding carboxylic acids is 1. The summed E-state index contributed by atoms with van der Waals surface area (Å²) >= 11 is 0. The molecule has 0 aliphatic carbocycles. The minimum atomic E-state index is -0.906. The van der Waals surface area contributed by atoms with Gasteiger partial charge in [-0.05, 0) is 23.8 Å². The third kappa shape index (κ3) is 4.14. The van der Waals surface area contributed by atoms with Crippen molar-refractivity contribution in [2.45, 2.75) is 19.1 Å². The molecule has 0 fully saturated rings. The molecule has 1 unspecified atom stereocenters. The lowest BCUT2D eigenvalue weighted by atomic mass is 10.1. The molecule has 4 nitrogen and oxygen atoms in total. The van der Waals surface area contributed by atoms with Crippen molar-refractivity contribution in [3.8, 4) is 6.07 Å². The van der Waals surface area contributed by atoms with Gasteiger partial charge in [-0.1, -0.05) is 30.3 Å². The number of aliphatic hydroxyl groups excluding tert-OH is 1. The third-order valence-electron chi connectivity index (χ3n) is 3.21. The van der Waals surface area contributed by atoms with E-state index in [-0.39, 0.29) is 18.5 Å². The van der Waals surface area contributed by atoms with E-state index >= 15 is 0 Å². The van der Waals surface area contributed by atoms with Crippen LogP contribution in [0.25, 0.3) is 0 Å². The molecular weight excluding hydrogens is 283 g/mol. The standard InChI is InChI=1S/C17H15FN2O2/c18-15-7-6-12(10-19)8-14(15)11-20-17(22)9-16(21)13-4-2-1-3-5-13/h1-8,16,21H,9,11H2,(H,20,22). The van der Waals surface area contributed by atoms with E-state index in [0.29, 0.717) is 11.1 Å². The molecule has 2 rings (SSSR count). The fourth-order valence-electron chi connectivity index (χ4n) is 2.01. The van der Waals surface area contributed by atoms with Crippen LogP contribution < -0.4 is 5.32 Å². The van der Waals surface area contributed by atoms with Gasteiger partial charge in [0.2, 0.25) is 5.91 Å². The summed E-state index contributed by atoms with van der Waals surface area (Å²) in [4.78, 5) is 11.8. The molecule has 22 heavy (non-hydrogen) atoms. The van der Waals surface area contributed by atoms with E-state index in [9.17, 15) is 14.3 Å². The van der Waals surface area contributed by atoms with E-state index < -0.39 is 17.8 Å². The van der Waals surface area contributed by atoms with Gasteiger partial charge in [0, 0.05) is 12.1 Å². The second kappa shape index (κ2) is 7.34. The SMILES string of the molecule is N#Cc1ccc(F)c(CNC(=O)CC(O)c2ccccc2)c1. The second-order valence-corrected chi connectivity index (χ2v) is 4.83. The summed E-state index contributed by atoms with van der Waals surface area (Å²) in [5.41, 5.74) is 1.21. The van der Waals surface area contributed by atoms with Crippen LogP contribution in [0.2, 0.25) is 0 Å². The molecule has 2 aromatic carbocycles. The first kappa shape index (κ1) is 15.7. The maximum atomic E-state index is 13.6. The maximum absolute atomic E-state index is 13.6. The predicted molar refractivity (Wildman–Crippen MR) is 79.0 cm³/mol. The molecule has 0 radical (unpaired) electrons. The van der Waals surface area contributed by atoms with Gasteiger partial charge in [-0.2, -0.15) is 5.26 Å². The zero-order chi connectivity index (χ0) is 15.9. The molecule has 0 heterocycles. The van der Waals surface area contributed by atoms with Crippen molar-refractivity contribution in [1.82, 2.24) is 5.32 Å². The van der Waals surface area contributed by atoms with Crippen LogP contribution in [0.3, 0.4) is 0 Å².